The number of hydrogen-bond donors (Lipinski definition) is 1. The highest BCUT2D eigenvalue weighted by molar-refractivity contribution is 5.98. The number of benzene rings is 1. The summed E-state index contributed by atoms with van der Waals surface area (Å²) in [6.45, 7) is 1.71. The maximum absolute atomic E-state index is 12.1. The lowest BCUT2D eigenvalue weighted by Crippen LogP contribution is -2.39. The molecule has 0 spiro atoms. The maximum atomic E-state index is 12.1. The molecule has 7 heteroatoms. The Hall–Kier alpha value is -2.93. The molecule has 0 unspecified atom stereocenters. The van der Waals surface area contributed by atoms with Crippen LogP contribution < -0.4 is 4.90 Å². The van der Waals surface area contributed by atoms with E-state index in [9.17, 15) is 9.90 Å². The minimum Gasteiger partial charge on any atom is -0.477 e. The third kappa shape index (κ3) is 4.42. The predicted molar refractivity (Wildman–Crippen MR) is 136 cm³/mol. The number of para-hydroxylation sites is 1. The van der Waals surface area contributed by atoms with Crippen LogP contribution in [0.4, 0.5) is 5.69 Å². The Morgan fingerprint density at radius 2 is 1.63 bits per heavy atom. The molecule has 2 saturated carbocycles. The molecular formula is C28H34N4O3. The Kier molecular flexibility index (Phi) is 6.19. The standard InChI is InChI=1S/C28H34N4O3/c33-28(34)23-18-24(31-16-14-22(15-17-31)35-21-12-5-2-6-13-21)25-26(19-8-7-9-19)30-32(27(25)29-23)20-10-3-1-4-11-20/h1,3-4,10-11,18-19,21-22H,2,5-9,12-17H2,(H,33,34). The van der Waals surface area contributed by atoms with E-state index in [-0.39, 0.29) is 5.69 Å². The minimum atomic E-state index is -1.00. The molecule has 1 saturated heterocycles. The molecule has 3 fully saturated rings. The summed E-state index contributed by atoms with van der Waals surface area (Å²) in [5, 5.41) is 16.0. The van der Waals surface area contributed by atoms with Gasteiger partial charge in [-0.05, 0) is 56.7 Å². The van der Waals surface area contributed by atoms with Crippen LogP contribution in [0.3, 0.4) is 0 Å². The van der Waals surface area contributed by atoms with Crippen molar-refractivity contribution in [3.05, 3.63) is 47.8 Å². The first-order chi connectivity index (χ1) is 17.2. The topological polar surface area (TPSA) is 80.5 Å². The number of hydrogen-bond acceptors (Lipinski definition) is 5. The lowest BCUT2D eigenvalue weighted by molar-refractivity contribution is -0.0395. The Morgan fingerprint density at radius 1 is 0.914 bits per heavy atom. The van der Waals surface area contributed by atoms with Gasteiger partial charge in [-0.3, -0.25) is 0 Å². The predicted octanol–water partition coefficient (Wildman–Crippen LogP) is 5.70. The molecule has 3 aromatic rings. The molecule has 1 N–H and O–H groups in total. The SMILES string of the molecule is O=C(O)c1cc(N2CCC(OC3CCCCC3)CC2)c2c(C3CCC3)nn(-c3ccccc3)c2n1. The quantitative estimate of drug-likeness (QED) is 0.493. The average Bonchev–Trinajstić information content (AvgIpc) is 3.23. The first-order valence-electron chi connectivity index (χ1n) is 13.3. The van der Waals surface area contributed by atoms with Crippen LogP contribution in [0.2, 0.25) is 0 Å². The number of fused-ring (bicyclic) bond motifs is 1. The Morgan fingerprint density at radius 3 is 2.29 bits per heavy atom. The van der Waals surface area contributed by atoms with Gasteiger partial charge in [0.05, 0.1) is 34.7 Å². The number of aromatic carboxylic acids is 1. The number of anilines is 1. The fourth-order valence-corrected chi connectivity index (χ4v) is 5.90. The van der Waals surface area contributed by atoms with E-state index in [2.05, 4.69) is 9.88 Å². The first kappa shape index (κ1) is 22.5. The minimum absolute atomic E-state index is 0.0744. The molecule has 6 rings (SSSR count). The van der Waals surface area contributed by atoms with Gasteiger partial charge in [0.25, 0.3) is 0 Å². The van der Waals surface area contributed by atoms with Crippen molar-refractivity contribution in [2.24, 2.45) is 0 Å². The van der Waals surface area contributed by atoms with Crippen LogP contribution in [0.25, 0.3) is 16.7 Å². The van der Waals surface area contributed by atoms with Gasteiger partial charge in [0.15, 0.2) is 11.3 Å². The van der Waals surface area contributed by atoms with Gasteiger partial charge in [0.2, 0.25) is 0 Å². The molecule has 2 aromatic heterocycles. The summed E-state index contributed by atoms with van der Waals surface area (Å²) >= 11 is 0. The third-order valence-electron chi connectivity index (χ3n) is 8.08. The summed E-state index contributed by atoms with van der Waals surface area (Å²) in [7, 11) is 0. The number of aromatic nitrogens is 3. The molecular weight excluding hydrogens is 440 g/mol. The maximum Gasteiger partial charge on any atom is 0.354 e. The molecule has 2 aliphatic carbocycles. The van der Waals surface area contributed by atoms with Gasteiger partial charge in [-0.15, -0.1) is 0 Å². The Labute approximate surface area is 206 Å². The number of carboxylic acids is 1. The Balaban J connectivity index is 1.36. The van der Waals surface area contributed by atoms with Gasteiger partial charge in [-0.2, -0.15) is 5.10 Å². The van der Waals surface area contributed by atoms with Crippen molar-refractivity contribution in [2.75, 3.05) is 18.0 Å². The zero-order valence-electron chi connectivity index (χ0n) is 20.2. The summed E-state index contributed by atoms with van der Waals surface area (Å²) < 4.78 is 8.31. The van der Waals surface area contributed by atoms with E-state index >= 15 is 0 Å². The summed E-state index contributed by atoms with van der Waals surface area (Å²) in [4.78, 5) is 19.0. The number of piperidine rings is 1. The van der Waals surface area contributed by atoms with E-state index < -0.39 is 5.97 Å². The van der Waals surface area contributed by atoms with Crippen molar-refractivity contribution in [3.8, 4) is 5.69 Å². The van der Waals surface area contributed by atoms with E-state index in [1.54, 1.807) is 6.07 Å². The molecule has 0 amide bonds. The highest BCUT2D eigenvalue weighted by atomic mass is 16.5. The Bertz CT molecular complexity index is 1190. The van der Waals surface area contributed by atoms with E-state index in [1.807, 2.05) is 35.0 Å². The molecule has 0 atom stereocenters. The van der Waals surface area contributed by atoms with Crippen molar-refractivity contribution >= 4 is 22.7 Å². The highest BCUT2D eigenvalue weighted by Gasteiger charge is 2.32. The molecule has 0 bridgehead atoms. The normalized spacial score (nSPS) is 20.3. The summed E-state index contributed by atoms with van der Waals surface area (Å²) in [6.07, 6.45) is 12.4. The van der Waals surface area contributed by atoms with Gasteiger partial charge in [-0.25, -0.2) is 14.5 Å². The lowest BCUT2D eigenvalue weighted by Gasteiger charge is -2.36. The van der Waals surface area contributed by atoms with Gasteiger partial charge >= 0.3 is 5.97 Å². The van der Waals surface area contributed by atoms with Gasteiger partial charge in [0, 0.05) is 19.0 Å². The van der Waals surface area contributed by atoms with Gasteiger partial charge in [-0.1, -0.05) is 43.9 Å². The fraction of sp³-hybridized carbons (Fsp3) is 0.536. The van der Waals surface area contributed by atoms with Crippen LogP contribution in [0, 0.1) is 0 Å². The van der Waals surface area contributed by atoms with Crippen LogP contribution in [0.15, 0.2) is 36.4 Å². The van der Waals surface area contributed by atoms with Crippen LogP contribution in [0.1, 0.15) is 86.3 Å². The molecule has 7 nitrogen and oxygen atoms in total. The lowest BCUT2D eigenvalue weighted by atomic mass is 9.82. The smallest absolute Gasteiger partial charge is 0.354 e. The molecule has 1 aromatic carbocycles. The van der Waals surface area contributed by atoms with E-state index in [0.29, 0.717) is 23.8 Å². The number of ether oxygens (including phenoxy) is 1. The number of carbonyl (C=O) groups is 1. The number of rotatable bonds is 6. The van der Waals surface area contributed by atoms with Crippen LogP contribution in [-0.4, -0.2) is 51.1 Å². The van der Waals surface area contributed by atoms with E-state index in [4.69, 9.17) is 9.84 Å². The molecule has 3 heterocycles. The number of pyridine rings is 1. The zero-order valence-corrected chi connectivity index (χ0v) is 20.2. The summed E-state index contributed by atoms with van der Waals surface area (Å²) in [5.74, 6) is -0.597. The fourth-order valence-electron chi connectivity index (χ4n) is 5.90. The van der Waals surface area contributed by atoms with Crippen molar-refractivity contribution in [1.29, 1.82) is 0 Å². The van der Waals surface area contributed by atoms with Gasteiger partial charge in [0.1, 0.15) is 0 Å². The molecule has 184 valence electrons. The monoisotopic (exact) mass is 474 g/mol. The van der Waals surface area contributed by atoms with Crippen LogP contribution in [-0.2, 0) is 4.74 Å². The summed E-state index contributed by atoms with van der Waals surface area (Å²) in [5.41, 5.74) is 3.66. The first-order valence-corrected chi connectivity index (χ1v) is 13.3. The molecule has 35 heavy (non-hydrogen) atoms. The second kappa shape index (κ2) is 9.61. The van der Waals surface area contributed by atoms with Crippen molar-refractivity contribution in [3.63, 3.8) is 0 Å². The third-order valence-corrected chi connectivity index (χ3v) is 8.08. The second-order valence-electron chi connectivity index (χ2n) is 10.4. The van der Waals surface area contributed by atoms with Crippen LogP contribution >= 0.6 is 0 Å². The van der Waals surface area contributed by atoms with Crippen molar-refractivity contribution in [2.45, 2.75) is 82.3 Å². The van der Waals surface area contributed by atoms with Crippen LogP contribution in [0.5, 0.6) is 0 Å². The van der Waals surface area contributed by atoms with Crippen molar-refractivity contribution in [1.82, 2.24) is 14.8 Å². The molecule has 1 aliphatic heterocycles. The number of carboxylic acid groups (broad SMARTS) is 1. The average molecular weight is 475 g/mol. The van der Waals surface area contributed by atoms with Gasteiger partial charge < -0.3 is 14.7 Å². The largest absolute Gasteiger partial charge is 0.477 e. The number of nitrogens with zero attached hydrogens (tertiary/aromatic N) is 4. The second-order valence-corrected chi connectivity index (χ2v) is 10.4. The molecule has 0 radical (unpaired) electrons. The van der Waals surface area contributed by atoms with Crippen molar-refractivity contribution < 1.29 is 14.6 Å². The molecule has 3 aliphatic rings. The zero-order chi connectivity index (χ0) is 23.8. The summed E-state index contributed by atoms with van der Waals surface area (Å²) in [6, 6.07) is 11.7. The van der Waals surface area contributed by atoms with E-state index in [0.717, 1.165) is 61.2 Å². The van der Waals surface area contributed by atoms with E-state index in [1.165, 1.54) is 38.5 Å². The highest BCUT2D eigenvalue weighted by Crippen LogP contribution is 2.43.